The zero-order valence-electron chi connectivity index (χ0n) is 13.0. The van der Waals surface area contributed by atoms with Gasteiger partial charge in [-0.25, -0.2) is 4.21 Å². The van der Waals surface area contributed by atoms with Crippen LogP contribution in [0.4, 0.5) is 0 Å². The molecule has 5 heteroatoms. The van der Waals surface area contributed by atoms with Gasteiger partial charge in [0.05, 0.1) is 16.7 Å². The molecule has 0 N–H and O–H groups in total. The maximum absolute atomic E-state index is 11.9. The first-order valence-electron chi connectivity index (χ1n) is 7.04. The van der Waals surface area contributed by atoms with Crippen molar-refractivity contribution < 1.29 is 8.95 Å². The maximum Gasteiger partial charge on any atom is 0.144 e. The summed E-state index contributed by atoms with van der Waals surface area (Å²) in [7, 11) is -1.29. The first kappa shape index (κ1) is 16.4. The van der Waals surface area contributed by atoms with Crippen LogP contribution >= 0.6 is 0 Å². The number of rotatable bonds is 5. The average molecular weight is 316 g/mol. The maximum atomic E-state index is 11.9. The Hall–Kier alpha value is -2.01. The third-order valence-corrected chi connectivity index (χ3v) is 4.15. The minimum Gasteiger partial charge on any atom is -0.489 e. The smallest absolute Gasteiger partial charge is 0.144 e. The van der Waals surface area contributed by atoms with E-state index in [-0.39, 0.29) is 4.75 Å². The highest BCUT2D eigenvalue weighted by Crippen LogP contribution is 2.14. The zero-order valence-corrected chi connectivity index (χ0v) is 13.8. The summed E-state index contributed by atoms with van der Waals surface area (Å²) in [4.78, 5) is 4.18. The van der Waals surface area contributed by atoms with Gasteiger partial charge in [0.25, 0.3) is 0 Å². The quantitative estimate of drug-likeness (QED) is 0.793. The molecule has 0 aliphatic heterocycles. The van der Waals surface area contributed by atoms with E-state index in [4.69, 9.17) is 4.74 Å². The van der Waals surface area contributed by atoms with Crippen molar-refractivity contribution in [3.63, 3.8) is 0 Å². The van der Waals surface area contributed by atoms with Crippen molar-refractivity contribution in [1.29, 1.82) is 0 Å². The molecule has 1 aromatic carbocycles. The largest absolute Gasteiger partial charge is 0.489 e. The molecule has 2 aromatic rings. The second-order valence-electron chi connectivity index (χ2n) is 5.79. The van der Waals surface area contributed by atoms with E-state index in [2.05, 4.69) is 9.38 Å². The monoisotopic (exact) mass is 316 g/mol. The summed E-state index contributed by atoms with van der Waals surface area (Å²) in [5, 5.41) is 0. The Labute approximate surface area is 133 Å². The molecule has 0 spiro atoms. The fraction of sp³-hybridized carbons (Fsp3) is 0.294. The number of nitrogens with zero attached hydrogens (tertiary/aromatic N) is 2. The van der Waals surface area contributed by atoms with Gasteiger partial charge >= 0.3 is 0 Å². The van der Waals surface area contributed by atoms with Gasteiger partial charge in [-0.05, 0) is 32.4 Å². The van der Waals surface area contributed by atoms with Crippen LogP contribution in [0.15, 0.2) is 53.1 Å². The molecule has 0 fully saturated rings. The third-order valence-electron chi connectivity index (χ3n) is 2.81. The van der Waals surface area contributed by atoms with Gasteiger partial charge in [0.2, 0.25) is 0 Å². The Morgan fingerprint density at radius 1 is 1.23 bits per heavy atom. The molecule has 22 heavy (non-hydrogen) atoms. The van der Waals surface area contributed by atoms with Gasteiger partial charge in [0.15, 0.2) is 0 Å². The predicted octanol–water partition coefficient (Wildman–Crippen LogP) is 3.54. The molecule has 0 radical (unpaired) electrons. The van der Waals surface area contributed by atoms with E-state index in [1.165, 1.54) is 6.21 Å². The van der Waals surface area contributed by atoms with Crippen LogP contribution in [0.5, 0.6) is 5.75 Å². The second-order valence-corrected chi connectivity index (χ2v) is 7.72. The highest BCUT2D eigenvalue weighted by molar-refractivity contribution is 7.85. The summed E-state index contributed by atoms with van der Waals surface area (Å²) < 4.78 is 21.3. The van der Waals surface area contributed by atoms with Crippen molar-refractivity contribution in [2.24, 2.45) is 4.40 Å². The fourth-order valence-electron chi connectivity index (χ4n) is 1.59. The predicted molar refractivity (Wildman–Crippen MR) is 90.5 cm³/mol. The van der Waals surface area contributed by atoms with Gasteiger partial charge in [0, 0.05) is 12.3 Å². The summed E-state index contributed by atoms with van der Waals surface area (Å²) in [6, 6.07) is 13.5. The van der Waals surface area contributed by atoms with Crippen molar-refractivity contribution in [3.8, 4) is 5.75 Å². The minimum absolute atomic E-state index is 0.377. The number of hydrogen-bond donors (Lipinski definition) is 0. The number of pyridine rings is 1. The fourth-order valence-corrected chi connectivity index (χ4v) is 2.11. The molecule has 0 saturated carbocycles. The van der Waals surface area contributed by atoms with Gasteiger partial charge in [-0.3, -0.25) is 4.98 Å². The van der Waals surface area contributed by atoms with E-state index in [9.17, 15) is 4.21 Å². The van der Waals surface area contributed by atoms with E-state index in [1.807, 2.05) is 51.1 Å². The molecular formula is C17H20N2O2S. The van der Waals surface area contributed by atoms with Gasteiger partial charge in [-0.2, -0.15) is 4.40 Å². The lowest BCUT2D eigenvalue weighted by Crippen LogP contribution is -2.19. The van der Waals surface area contributed by atoms with Gasteiger partial charge in [-0.15, -0.1) is 0 Å². The van der Waals surface area contributed by atoms with Crippen molar-refractivity contribution in [1.82, 2.24) is 4.98 Å². The van der Waals surface area contributed by atoms with Crippen LogP contribution in [-0.4, -0.2) is 20.2 Å². The summed E-state index contributed by atoms with van der Waals surface area (Å²) >= 11 is 0. The molecule has 4 nitrogen and oxygen atoms in total. The normalized spacial score (nSPS) is 13.2. The zero-order chi connectivity index (χ0) is 16.0. The molecule has 0 saturated heterocycles. The number of benzene rings is 1. The molecule has 1 heterocycles. The molecule has 0 aliphatic carbocycles. The van der Waals surface area contributed by atoms with Crippen LogP contribution < -0.4 is 4.74 Å². The topological polar surface area (TPSA) is 51.5 Å². The van der Waals surface area contributed by atoms with E-state index in [0.717, 1.165) is 5.56 Å². The number of hydrogen-bond acceptors (Lipinski definition) is 3. The molecule has 0 bridgehead atoms. The Balaban J connectivity index is 2.01. The average Bonchev–Trinajstić information content (AvgIpc) is 2.51. The van der Waals surface area contributed by atoms with Gasteiger partial charge < -0.3 is 4.74 Å². The number of ether oxygens (including phenoxy) is 1. The molecular weight excluding hydrogens is 296 g/mol. The number of aromatic nitrogens is 1. The van der Waals surface area contributed by atoms with Crippen LogP contribution in [0, 0.1) is 0 Å². The Kier molecular flexibility index (Phi) is 5.44. The van der Waals surface area contributed by atoms with Gasteiger partial charge in [-0.1, -0.05) is 30.3 Å². The van der Waals surface area contributed by atoms with Gasteiger partial charge in [0.1, 0.15) is 23.3 Å². The first-order valence-corrected chi connectivity index (χ1v) is 8.15. The molecule has 116 valence electrons. The third kappa shape index (κ3) is 5.07. The SMILES string of the molecule is CC(C)(C)[S@](=O)/N=C/c1cc(OCc2ccccc2)ccn1. The highest BCUT2D eigenvalue weighted by Gasteiger charge is 2.18. The molecule has 2 rings (SSSR count). The summed E-state index contributed by atoms with van der Waals surface area (Å²) in [5.41, 5.74) is 1.73. The Morgan fingerprint density at radius 2 is 1.95 bits per heavy atom. The lowest BCUT2D eigenvalue weighted by atomic mass is 10.2. The van der Waals surface area contributed by atoms with Crippen LogP contribution in [0.2, 0.25) is 0 Å². The first-order chi connectivity index (χ1) is 10.4. The van der Waals surface area contributed by atoms with Crippen LogP contribution in [0.25, 0.3) is 0 Å². The highest BCUT2D eigenvalue weighted by atomic mass is 32.2. The Bertz CT molecular complexity index is 664. The lowest BCUT2D eigenvalue weighted by molar-refractivity contribution is 0.306. The molecule has 0 unspecified atom stereocenters. The van der Waals surface area contributed by atoms with Crippen molar-refractivity contribution in [2.75, 3.05) is 0 Å². The lowest BCUT2D eigenvalue weighted by Gasteiger charge is -2.12. The summed E-state index contributed by atoms with van der Waals surface area (Å²) in [6.45, 7) is 6.14. The van der Waals surface area contributed by atoms with E-state index in [1.54, 1.807) is 18.3 Å². The van der Waals surface area contributed by atoms with Crippen LogP contribution in [0.1, 0.15) is 32.0 Å². The molecule has 1 atom stereocenters. The van der Waals surface area contributed by atoms with Crippen molar-refractivity contribution in [2.45, 2.75) is 32.1 Å². The summed E-state index contributed by atoms with van der Waals surface area (Å²) in [6.07, 6.45) is 3.18. The van der Waals surface area contributed by atoms with Crippen molar-refractivity contribution >= 4 is 17.2 Å². The van der Waals surface area contributed by atoms with Crippen LogP contribution in [-0.2, 0) is 17.6 Å². The van der Waals surface area contributed by atoms with Crippen molar-refractivity contribution in [3.05, 3.63) is 59.9 Å². The standard InChI is InChI=1S/C17H20N2O2S/c1-17(2,3)22(20)19-12-15-11-16(9-10-18-15)21-13-14-7-5-4-6-8-14/h4-12H,13H2,1-3H3/b19-12+/t22-/m0/s1. The van der Waals surface area contributed by atoms with Crippen LogP contribution in [0.3, 0.4) is 0 Å². The van der Waals surface area contributed by atoms with E-state index < -0.39 is 11.0 Å². The molecule has 1 aromatic heterocycles. The minimum atomic E-state index is -1.29. The second kappa shape index (κ2) is 7.31. The summed E-state index contributed by atoms with van der Waals surface area (Å²) in [5.74, 6) is 0.710. The van der Waals surface area contributed by atoms with E-state index >= 15 is 0 Å². The molecule has 0 aliphatic rings. The van der Waals surface area contributed by atoms with E-state index in [0.29, 0.717) is 18.1 Å². The molecule has 0 amide bonds. The Morgan fingerprint density at radius 3 is 2.64 bits per heavy atom.